The summed E-state index contributed by atoms with van der Waals surface area (Å²) in [6.45, 7) is 6.81. The molecule has 0 aliphatic rings. The standard InChI is InChI=1S/C16H23NSSi/c1-17(2)16(18)13-15(11-12-19(3,4)5)14-9-7-6-8-10-14/h6-10,15H,13H2,1-5H3/t15-/m1/s1. The maximum absolute atomic E-state index is 5.43. The first-order valence-corrected chi connectivity index (χ1v) is 10.5. The lowest BCUT2D eigenvalue weighted by atomic mass is 9.96. The van der Waals surface area contributed by atoms with Gasteiger partial charge in [0, 0.05) is 20.5 Å². The molecule has 0 aromatic heterocycles. The molecule has 0 amide bonds. The van der Waals surface area contributed by atoms with Crippen molar-refractivity contribution in [3.05, 3.63) is 35.9 Å². The van der Waals surface area contributed by atoms with Crippen molar-refractivity contribution in [3.8, 4) is 11.5 Å². The van der Waals surface area contributed by atoms with E-state index in [1.807, 2.05) is 25.1 Å². The number of thiocarbonyl (C=S) groups is 1. The summed E-state index contributed by atoms with van der Waals surface area (Å²) >= 11 is 5.43. The van der Waals surface area contributed by atoms with E-state index in [2.05, 4.69) is 55.4 Å². The molecule has 0 fully saturated rings. The van der Waals surface area contributed by atoms with Crippen LogP contribution in [0.5, 0.6) is 0 Å². The Morgan fingerprint density at radius 2 is 1.79 bits per heavy atom. The molecule has 0 bridgehead atoms. The first kappa shape index (κ1) is 15.9. The van der Waals surface area contributed by atoms with Crippen molar-refractivity contribution in [1.29, 1.82) is 0 Å². The largest absolute Gasteiger partial charge is 0.372 e. The molecule has 0 aliphatic carbocycles. The minimum absolute atomic E-state index is 0.211. The second-order valence-corrected chi connectivity index (χ2v) is 11.2. The molecule has 3 heteroatoms. The monoisotopic (exact) mass is 289 g/mol. The molecule has 0 N–H and O–H groups in total. The topological polar surface area (TPSA) is 3.24 Å². The van der Waals surface area contributed by atoms with Crippen LogP contribution in [0.2, 0.25) is 19.6 Å². The second kappa shape index (κ2) is 6.88. The van der Waals surface area contributed by atoms with Crippen LogP contribution in [-0.2, 0) is 0 Å². The van der Waals surface area contributed by atoms with Crippen LogP contribution >= 0.6 is 12.2 Å². The van der Waals surface area contributed by atoms with Crippen LogP contribution in [0.3, 0.4) is 0 Å². The Labute approximate surface area is 124 Å². The summed E-state index contributed by atoms with van der Waals surface area (Å²) in [7, 11) is 2.64. The lowest BCUT2D eigenvalue weighted by molar-refractivity contribution is 0.612. The van der Waals surface area contributed by atoms with E-state index in [1.165, 1.54) is 5.56 Å². The predicted octanol–water partition coefficient (Wildman–Crippen LogP) is 3.93. The molecule has 1 aromatic rings. The summed E-state index contributed by atoms with van der Waals surface area (Å²) in [5, 5.41) is 0. The Morgan fingerprint density at radius 3 is 2.26 bits per heavy atom. The Bertz CT molecular complexity index is 477. The van der Waals surface area contributed by atoms with Crippen molar-refractivity contribution in [2.75, 3.05) is 14.1 Å². The lowest BCUT2D eigenvalue weighted by Gasteiger charge is -2.18. The number of hydrogen-bond donors (Lipinski definition) is 0. The highest BCUT2D eigenvalue weighted by atomic mass is 32.1. The molecule has 0 heterocycles. The van der Waals surface area contributed by atoms with E-state index in [9.17, 15) is 0 Å². The van der Waals surface area contributed by atoms with Gasteiger partial charge < -0.3 is 4.90 Å². The van der Waals surface area contributed by atoms with Gasteiger partial charge in [0.1, 0.15) is 8.07 Å². The van der Waals surface area contributed by atoms with E-state index in [4.69, 9.17) is 12.2 Å². The average molecular weight is 290 g/mol. The van der Waals surface area contributed by atoms with Crippen molar-refractivity contribution >= 4 is 25.3 Å². The Hall–Kier alpha value is -1.11. The van der Waals surface area contributed by atoms with Gasteiger partial charge in [0.2, 0.25) is 0 Å². The van der Waals surface area contributed by atoms with Crippen LogP contribution in [0.1, 0.15) is 17.9 Å². The van der Waals surface area contributed by atoms with Crippen LogP contribution in [0.25, 0.3) is 0 Å². The van der Waals surface area contributed by atoms with E-state index in [0.29, 0.717) is 0 Å². The fraction of sp³-hybridized carbons (Fsp3) is 0.438. The van der Waals surface area contributed by atoms with Gasteiger partial charge in [0.15, 0.2) is 0 Å². The molecule has 1 nitrogen and oxygen atoms in total. The summed E-state index contributed by atoms with van der Waals surface area (Å²) in [6.07, 6.45) is 0.823. The molecule has 0 unspecified atom stereocenters. The molecule has 1 rings (SSSR count). The molecule has 19 heavy (non-hydrogen) atoms. The van der Waals surface area contributed by atoms with Crippen LogP contribution < -0.4 is 0 Å². The molecule has 0 spiro atoms. The van der Waals surface area contributed by atoms with Crippen molar-refractivity contribution in [2.45, 2.75) is 32.0 Å². The van der Waals surface area contributed by atoms with Gasteiger partial charge in [-0.3, -0.25) is 0 Å². The molecule has 0 saturated heterocycles. The highest BCUT2D eigenvalue weighted by molar-refractivity contribution is 7.80. The minimum atomic E-state index is -1.35. The Balaban J connectivity index is 2.98. The van der Waals surface area contributed by atoms with Crippen LogP contribution in [0.4, 0.5) is 0 Å². The van der Waals surface area contributed by atoms with Crippen molar-refractivity contribution in [1.82, 2.24) is 4.90 Å². The summed E-state index contributed by atoms with van der Waals surface area (Å²) in [5.41, 5.74) is 4.74. The van der Waals surface area contributed by atoms with Crippen LogP contribution in [0, 0.1) is 11.5 Å². The predicted molar refractivity (Wildman–Crippen MR) is 91.2 cm³/mol. The highest BCUT2D eigenvalue weighted by Gasteiger charge is 2.14. The summed E-state index contributed by atoms with van der Waals surface area (Å²) < 4.78 is 0. The van der Waals surface area contributed by atoms with Gasteiger partial charge >= 0.3 is 0 Å². The number of hydrogen-bond acceptors (Lipinski definition) is 1. The molecular weight excluding hydrogens is 266 g/mol. The fourth-order valence-electron chi connectivity index (χ4n) is 1.60. The molecule has 1 atom stereocenters. The zero-order valence-electron chi connectivity index (χ0n) is 12.5. The van der Waals surface area contributed by atoms with Crippen molar-refractivity contribution in [2.24, 2.45) is 0 Å². The first-order valence-electron chi connectivity index (χ1n) is 6.57. The molecule has 102 valence electrons. The Morgan fingerprint density at radius 1 is 1.21 bits per heavy atom. The number of benzene rings is 1. The van der Waals surface area contributed by atoms with Gasteiger partial charge in [-0.1, -0.05) is 62.2 Å². The number of nitrogens with zero attached hydrogens (tertiary/aromatic N) is 1. The third-order valence-corrected chi connectivity index (χ3v) is 4.13. The first-order chi connectivity index (χ1) is 8.79. The van der Waals surface area contributed by atoms with E-state index in [1.54, 1.807) is 0 Å². The van der Waals surface area contributed by atoms with Gasteiger partial charge in [-0.05, 0) is 5.56 Å². The molecule has 1 aromatic carbocycles. The molecule has 0 aliphatic heterocycles. The van der Waals surface area contributed by atoms with Gasteiger partial charge in [-0.15, -0.1) is 11.5 Å². The summed E-state index contributed by atoms with van der Waals surface area (Å²) in [4.78, 5) is 2.96. The van der Waals surface area contributed by atoms with Gasteiger partial charge in [0.25, 0.3) is 0 Å². The molecule has 0 saturated carbocycles. The maximum Gasteiger partial charge on any atom is 0.129 e. The summed E-state index contributed by atoms with van der Waals surface area (Å²) in [6, 6.07) is 10.5. The second-order valence-electron chi connectivity index (χ2n) is 5.97. The van der Waals surface area contributed by atoms with Gasteiger partial charge in [-0.2, -0.15) is 0 Å². The van der Waals surface area contributed by atoms with Crippen LogP contribution in [-0.4, -0.2) is 32.1 Å². The minimum Gasteiger partial charge on any atom is -0.372 e. The molecular formula is C16H23NSSi. The normalized spacial score (nSPS) is 12.3. The Kier molecular flexibility index (Phi) is 5.77. The quantitative estimate of drug-likeness (QED) is 0.471. The summed E-state index contributed by atoms with van der Waals surface area (Å²) in [5.74, 6) is 3.67. The van der Waals surface area contributed by atoms with E-state index in [-0.39, 0.29) is 5.92 Å². The SMILES string of the molecule is CN(C)C(=S)C[C@@H](C#C[Si](C)(C)C)c1ccccc1. The molecule has 0 radical (unpaired) electrons. The van der Waals surface area contributed by atoms with Crippen LogP contribution in [0.15, 0.2) is 30.3 Å². The van der Waals surface area contributed by atoms with E-state index >= 15 is 0 Å². The third kappa shape index (κ3) is 6.04. The maximum atomic E-state index is 5.43. The zero-order valence-corrected chi connectivity index (χ0v) is 14.3. The fourth-order valence-corrected chi connectivity index (χ4v) is 2.37. The lowest BCUT2D eigenvalue weighted by Crippen LogP contribution is -2.22. The highest BCUT2D eigenvalue weighted by Crippen LogP contribution is 2.20. The smallest absolute Gasteiger partial charge is 0.129 e. The average Bonchev–Trinajstić information content (AvgIpc) is 2.34. The zero-order chi connectivity index (χ0) is 14.5. The van der Waals surface area contributed by atoms with E-state index in [0.717, 1.165) is 11.4 Å². The van der Waals surface area contributed by atoms with Gasteiger partial charge in [0.05, 0.1) is 10.9 Å². The third-order valence-electron chi connectivity index (χ3n) is 2.70. The van der Waals surface area contributed by atoms with Gasteiger partial charge in [-0.25, -0.2) is 0 Å². The van der Waals surface area contributed by atoms with Crippen molar-refractivity contribution in [3.63, 3.8) is 0 Å². The van der Waals surface area contributed by atoms with E-state index < -0.39 is 8.07 Å². The van der Waals surface area contributed by atoms with Crippen molar-refractivity contribution < 1.29 is 0 Å². The number of rotatable bonds is 3.